The number of anilines is 1. The molecule has 176 valence electrons. The van der Waals surface area contributed by atoms with Gasteiger partial charge in [-0.2, -0.15) is 5.26 Å². The van der Waals surface area contributed by atoms with Crippen LogP contribution in [-0.2, 0) is 4.79 Å². The Morgan fingerprint density at radius 1 is 1.12 bits per heavy atom. The number of carbonyl (C=O) groups is 2. The maximum atomic E-state index is 13.9. The van der Waals surface area contributed by atoms with Gasteiger partial charge in [0, 0.05) is 36.8 Å². The van der Waals surface area contributed by atoms with Gasteiger partial charge >= 0.3 is 0 Å². The first-order valence-electron chi connectivity index (χ1n) is 11.0. The molecule has 0 saturated carbocycles. The Morgan fingerprint density at radius 3 is 2.47 bits per heavy atom. The van der Waals surface area contributed by atoms with Crippen molar-refractivity contribution in [2.24, 2.45) is 0 Å². The number of carbonyl (C=O) groups excluding carboxylic acids is 2. The van der Waals surface area contributed by atoms with Gasteiger partial charge in [-0.1, -0.05) is 6.07 Å². The van der Waals surface area contributed by atoms with Crippen molar-refractivity contribution < 1.29 is 14.0 Å². The van der Waals surface area contributed by atoms with Crippen molar-refractivity contribution in [2.45, 2.75) is 20.8 Å². The average Bonchev–Trinajstić information content (AvgIpc) is 3.34. The lowest BCUT2D eigenvalue weighted by Crippen LogP contribution is -2.50. The third-order valence-corrected chi connectivity index (χ3v) is 7.12. The predicted octanol–water partition coefficient (Wildman–Crippen LogP) is 3.87. The fourth-order valence-electron chi connectivity index (χ4n) is 4.19. The molecule has 0 aliphatic carbocycles. The first-order valence-corrected chi connectivity index (χ1v) is 11.9. The molecule has 3 aromatic rings. The number of rotatable bonds is 5. The fourth-order valence-corrected chi connectivity index (χ4v) is 5.02. The summed E-state index contributed by atoms with van der Waals surface area (Å²) in [6, 6.07) is 12.0. The highest BCUT2D eigenvalue weighted by molar-refractivity contribution is 7.13. The molecule has 1 aromatic carbocycles. The number of thiophene rings is 1. The van der Waals surface area contributed by atoms with Crippen LogP contribution < -0.4 is 5.32 Å². The number of benzene rings is 1. The number of nitriles is 1. The number of hydrogen-bond donors (Lipinski definition) is 1. The second-order valence-corrected chi connectivity index (χ2v) is 9.68. The van der Waals surface area contributed by atoms with E-state index >= 15 is 0 Å². The molecular formula is C25H26FN5O2S. The molecule has 1 fully saturated rings. The van der Waals surface area contributed by atoms with Gasteiger partial charge in [-0.3, -0.25) is 19.1 Å². The van der Waals surface area contributed by atoms with Gasteiger partial charge in [0.25, 0.3) is 5.91 Å². The summed E-state index contributed by atoms with van der Waals surface area (Å²) in [7, 11) is 0. The van der Waals surface area contributed by atoms with Crippen LogP contribution >= 0.6 is 11.3 Å². The van der Waals surface area contributed by atoms with Gasteiger partial charge in [-0.25, -0.2) is 4.39 Å². The minimum absolute atomic E-state index is 0.0275. The molecule has 1 aliphatic heterocycles. The molecule has 9 heteroatoms. The molecule has 0 spiro atoms. The number of piperazine rings is 1. The number of nitrogens with zero attached hydrogens (tertiary/aromatic N) is 4. The standard InChI is InChI=1S/C25H26FN5O2S/c1-16-7-8-22(34-16)25(33)30-11-9-29(10-12-30)15-23(32)28-24-21(14-27)17(2)18(3)31(24)20-6-4-5-19(26)13-20/h4-8,13H,9-12,15H2,1-3H3,(H,28,32). The summed E-state index contributed by atoms with van der Waals surface area (Å²) in [5.74, 6) is -0.292. The minimum atomic E-state index is -0.399. The molecule has 1 aliphatic rings. The number of aromatic nitrogens is 1. The fraction of sp³-hybridized carbons (Fsp3) is 0.320. The quantitative estimate of drug-likeness (QED) is 0.602. The molecule has 34 heavy (non-hydrogen) atoms. The van der Waals surface area contributed by atoms with Crippen LogP contribution in [-0.4, -0.2) is 58.9 Å². The molecule has 0 bridgehead atoms. The van der Waals surface area contributed by atoms with Crippen molar-refractivity contribution in [1.82, 2.24) is 14.4 Å². The summed E-state index contributed by atoms with van der Waals surface area (Å²) < 4.78 is 15.6. The highest BCUT2D eigenvalue weighted by Crippen LogP contribution is 2.30. The smallest absolute Gasteiger partial charge is 0.264 e. The van der Waals surface area contributed by atoms with Crippen LogP contribution in [0.5, 0.6) is 0 Å². The maximum absolute atomic E-state index is 13.9. The van der Waals surface area contributed by atoms with Gasteiger partial charge in [0.15, 0.2) is 0 Å². The van der Waals surface area contributed by atoms with E-state index in [1.165, 1.54) is 23.5 Å². The normalized spacial score (nSPS) is 14.1. The molecule has 0 radical (unpaired) electrons. The first-order chi connectivity index (χ1) is 16.3. The summed E-state index contributed by atoms with van der Waals surface area (Å²) in [4.78, 5) is 31.2. The third kappa shape index (κ3) is 4.74. The lowest BCUT2D eigenvalue weighted by Gasteiger charge is -2.34. The van der Waals surface area contributed by atoms with E-state index in [-0.39, 0.29) is 18.4 Å². The van der Waals surface area contributed by atoms with Gasteiger partial charge in [0.2, 0.25) is 5.91 Å². The largest absolute Gasteiger partial charge is 0.335 e. The van der Waals surface area contributed by atoms with E-state index < -0.39 is 5.82 Å². The summed E-state index contributed by atoms with van der Waals surface area (Å²) in [6.45, 7) is 8.01. The van der Waals surface area contributed by atoms with E-state index in [1.807, 2.05) is 42.7 Å². The van der Waals surface area contributed by atoms with Crippen molar-refractivity contribution >= 4 is 29.0 Å². The number of halogens is 1. The van der Waals surface area contributed by atoms with E-state index in [4.69, 9.17) is 0 Å². The van der Waals surface area contributed by atoms with Gasteiger partial charge in [-0.15, -0.1) is 11.3 Å². The van der Waals surface area contributed by atoms with E-state index in [1.54, 1.807) is 16.7 Å². The Kier molecular flexibility index (Phi) is 6.82. The second kappa shape index (κ2) is 9.79. The first kappa shape index (κ1) is 23.7. The van der Waals surface area contributed by atoms with Crippen LogP contribution in [0.1, 0.15) is 31.4 Å². The van der Waals surface area contributed by atoms with Gasteiger partial charge in [0.1, 0.15) is 17.7 Å². The summed E-state index contributed by atoms with van der Waals surface area (Å²) in [6.07, 6.45) is 0. The van der Waals surface area contributed by atoms with Crippen molar-refractivity contribution in [1.29, 1.82) is 5.26 Å². The van der Waals surface area contributed by atoms with Crippen molar-refractivity contribution in [2.75, 3.05) is 38.0 Å². The molecule has 1 N–H and O–H groups in total. The Labute approximate surface area is 202 Å². The van der Waals surface area contributed by atoms with Crippen LogP contribution in [0.3, 0.4) is 0 Å². The lowest BCUT2D eigenvalue weighted by atomic mass is 10.2. The van der Waals surface area contributed by atoms with Crippen molar-refractivity contribution in [3.05, 3.63) is 68.8 Å². The monoisotopic (exact) mass is 479 g/mol. The summed E-state index contributed by atoms with van der Waals surface area (Å²) >= 11 is 1.49. The second-order valence-electron chi connectivity index (χ2n) is 8.39. The Hall–Kier alpha value is -3.48. The van der Waals surface area contributed by atoms with E-state index in [0.717, 1.165) is 21.0 Å². The predicted molar refractivity (Wildman–Crippen MR) is 130 cm³/mol. The molecule has 3 heterocycles. The Balaban J connectivity index is 1.44. The topological polar surface area (TPSA) is 81.4 Å². The Morgan fingerprint density at radius 2 is 1.85 bits per heavy atom. The van der Waals surface area contributed by atoms with Crippen LogP contribution in [0.25, 0.3) is 5.69 Å². The molecule has 7 nitrogen and oxygen atoms in total. The Bertz CT molecular complexity index is 1280. The number of hydrogen-bond acceptors (Lipinski definition) is 5. The van der Waals surface area contributed by atoms with Crippen LogP contribution in [0, 0.1) is 37.9 Å². The lowest BCUT2D eigenvalue weighted by molar-refractivity contribution is -0.117. The van der Waals surface area contributed by atoms with Gasteiger partial charge < -0.3 is 10.2 Å². The zero-order chi connectivity index (χ0) is 24.4. The molecule has 0 atom stereocenters. The third-order valence-electron chi connectivity index (χ3n) is 6.13. The molecule has 4 rings (SSSR count). The summed E-state index contributed by atoms with van der Waals surface area (Å²) in [5.41, 5.74) is 2.39. The maximum Gasteiger partial charge on any atom is 0.264 e. The molecule has 2 amide bonds. The molecule has 1 saturated heterocycles. The molecule has 2 aromatic heterocycles. The molecule has 0 unspecified atom stereocenters. The SMILES string of the molecule is Cc1ccc(C(=O)N2CCN(CC(=O)Nc3c(C#N)c(C)c(C)n3-c3cccc(F)c3)CC2)s1. The number of nitrogens with one attached hydrogen (secondary N) is 1. The highest BCUT2D eigenvalue weighted by atomic mass is 32.1. The number of amides is 2. The van der Waals surface area contributed by atoms with E-state index in [2.05, 4.69) is 11.4 Å². The number of aryl methyl sites for hydroxylation is 1. The van der Waals surface area contributed by atoms with Gasteiger partial charge in [0.05, 0.1) is 22.7 Å². The van der Waals surface area contributed by atoms with Crippen molar-refractivity contribution in [3.63, 3.8) is 0 Å². The van der Waals surface area contributed by atoms with E-state index in [0.29, 0.717) is 43.2 Å². The van der Waals surface area contributed by atoms with E-state index in [9.17, 15) is 19.2 Å². The van der Waals surface area contributed by atoms with Gasteiger partial charge in [-0.05, 0) is 56.7 Å². The van der Waals surface area contributed by atoms with Crippen LogP contribution in [0.15, 0.2) is 36.4 Å². The molecular weight excluding hydrogens is 453 g/mol. The zero-order valence-electron chi connectivity index (χ0n) is 19.4. The zero-order valence-corrected chi connectivity index (χ0v) is 20.2. The highest BCUT2D eigenvalue weighted by Gasteiger charge is 2.26. The minimum Gasteiger partial charge on any atom is -0.335 e. The summed E-state index contributed by atoms with van der Waals surface area (Å²) in [5, 5.41) is 12.6. The van der Waals surface area contributed by atoms with Crippen LogP contribution in [0.4, 0.5) is 10.2 Å². The average molecular weight is 480 g/mol. The van der Waals surface area contributed by atoms with Crippen LogP contribution in [0.2, 0.25) is 0 Å². The van der Waals surface area contributed by atoms with Crippen molar-refractivity contribution in [3.8, 4) is 11.8 Å².